The highest BCUT2D eigenvalue weighted by molar-refractivity contribution is 5.94. The third-order valence-corrected chi connectivity index (χ3v) is 5.29. The first-order chi connectivity index (χ1) is 15.6. The highest BCUT2D eigenvalue weighted by Gasteiger charge is 2.32. The van der Waals surface area contributed by atoms with Crippen LogP contribution >= 0.6 is 0 Å². The Morgan fingerprint density at radius 2 is 1.97 bits per heavy atom. The van der Waals surface area contributed by atoms with Crippen LogP contribution in [0.1, 0.15) is 21.7 Å². The fraction of sp³-hybridized carbons (Fsp3) is 0.292. The maximum absolute atomic E-state index is 13.1. The molecule has 1 aromatic carbocycles. The van der Waals surface area contributed by atoms with Crippen LogP contribution in [0.2, 0.25) is 0 Å². The SMILES string of the molecule is COc1ccc(CN2C[C@H](OCc3cccnc3)CN(C(=O)c3ccco3)CC2=O)cc1. The second kappa shape index (κ2) is 10.1. The molecule has 8 heteroatoms. The molecule has 0 spiro atoms. The van der Waals surface area contributed by atoms with Gasteiger partial charge < -0.3 is 23.7 Å². The number of amides is 2. The maximum Gasteiger partial charge on any atom is 0.290 e. The Labute approximate surface area is 186 Å². The number of aromatic nitrogens is 1. The molecule has 2 amide bonds. The maximum atomic E-state index is 13.1. The van der Waals surface area contributed by atoms with Gasteiger partial charge in [0.15, 0.2) is 5.76 Å². The lowest BCUT2D eigenvalue weighted by Gasteiger charge is -2.25. The molecule has 8 nitrogen and oxygen atoms in total. The lowest BCUT2D eigenvalue weighted by atomic mass is 10.2. The van der Waals surface area contributed by atoms with Gasteiger partial charge in [-0.05, 0) is 41.5 Å². The minimum absolute atomic E-state index is 0.0392. The van der Waals surface area contributed by atoms with Crippen LogP contribution in [0.25, 0.3) is 0 Å². The molecule has 0 aliphatic carbocycles. The number of hydrogen-bond acceptors (Lipinski definition) is 6. The number of carbonyl (C=O) groups excluding carboxylic acids is 2. The van der Waals surface area contributed by atoms with Crippen molar-refractivity contribution in [2.75, 3.05) is 26.7 Å². The Bertz CT molecular complexity index is 1020. The quantitative estimate of drug-likeness (QED) is 0.567. The Morgan fingerprint density at radius 3 is 2.66 bits per heavy atom. The third-order valence-electron chi connectivity index (χ3n) is 5.29. The summed E-state index contributed by atoms with van der Waals surface area (Å²) in [6, 6.07) is 14.6. The first-order valence-electron chi connectivity index (χ1n) is 10.4. The Balaban J connectivity index is 1.51. The van der Waals surface area contributed by atoms with Crippen LogP contribution in [-0.2, 0) is 22.7 Å². The van der Waals surface area contributed by atoms with E-state index in [1.54, 1.807) is 36.5 Å². The zero-order valence-corrected chi connectivity index (χ0v) is 17.8. The van der Waals surface area contributed by atoms with E-state index >= 15 is 0 Å². The summed E-state index contributed by atoms with van der Waals surface area (Å²) in [5.41, 5.74) is 1.89. The molecule has 2 aromatic heterocycles. The molecule has 3 heterocycles. The zero-order valence-electron chi connectivity index (χ0n) is 17.8. The van der Waals surface area contributed by atoms with Crippen LogP contribution in [-0.4, -0.2) is 59.4 Å². The van der Waals surface area contributed by atoms with Crippen molar-refractivity contribution in [2.45, 2.75) is 19.3 Å². The van der Waals surface area contributed by atoms with Crippen molar-refractivity contribution in [3.05, 3.63) is 84.1 Å². The summed E-state index contributed by atoms with van der Waals surface area (Å²) < 4.78 is 16.6. The van der Waals surface area contributed by atoms with Gasteiger partial charge in [0.1, 0.15) is 12.3 Å². The number of methoxy groups -OCH3 is 1. The van der Waals surface area contributed by atoms with E-state index in [1.165, 1.54) is 11.2 Å². The summed E-state index contributed by atoms with van der Waals surface area (Å²) >= 11 is 0. The molecule has 3 aromatic rings. The van der Waals surface area contributed by atoms with Crippen LogP contribution in [0, 0.1) is 0 Å². The van der Waals surface area contributed by atoms with Gasteiger partial charge in [0.2, 0.25) is 5.91 Å². The van der Waals surface area contributed by atoms with E-state index in [1.807, 2.05) is 36.4 Å². The number of carbonyl (C=O) groups is 2. The molecule has 0 radical (unpaired) electrons. The smallest absolute Gasteiger partial charge is 0.290 e. The molecule has 0 unspecified atom stereocenters. The molecular weight excluding hydrogens is 410 g/mol. The van der Waals surface area contributed by atoms with E-state index in [4.69, 9.17) is 13.9 Å². The Morgan fingerprint density at radius 1 is 1.12 bits per heavy atom. The largest absolute Gasteiger partial charge is 0.497 e. The third kappa shape index (κ3) is 5.33. The van der Waals surface area contributed by atoms with Gasteiger partial charge in [-0.3, -0.25) is 14.6 Å². The van der Waals surface area contributed by atoms with Crippen LogP contribution in [0.3, 0.4) is 0 Å². The number of hydrogen-bond donors (Lipinski definition) is 0. The van der Waals surface area contributed by atoms with Crippen molar-refractivity contribution in [1.29, 1.82) is 0 Å². The monoisotopic (exact) mass is 435 g/mol. The van der Waals surface area contributed by atoms with Gasteiger partial charge in [0, 0.05) is 32.0 Å². The Kier molecular flexibility index (Phi) is 6.81. The van der Waals surface area contributed by atoms with Crippen LogP contribution in [0.5, 0.6) is 5.75 Å². The molecule has 0 N–H and O–H groups in total. The molecular formula is C24H25N3O5. The first-order valence-corrected chi connectivity index (χ1v) is 10.4. The second-order valence-electron chi connectivity index (χ2n) is 7.58. The summed E-state index contributed by atoms with van der Waals surface area (Å²) in [7, 11) is 1.61. The van der Waals surface area contributed by atoms with Gasteiger partial charge in [-0.1, -0.05) is 18.2 Å². The lowest BCUT2D eigenvalue weighted by Crippen LogP contribution is -2.39. The number of nitrogens with zero attached hydrogens (tertiary/aromatic N) is 3. The molecule has 0 saturated carbocycles. The van der Waals surface area contributed by atoms with Crippen LogP contribution < -0.4 is 4.74 Å². The number of pyridine rings is 1. The summed E-state index contributed by atoms with van der Waals surface area (Å²) in [6.07, 6.45) is 4.52. The van der Waals surface area contributed by atoms with Gasteiger partial charge >= 0.3 is 0 Å². The fourth-order valence-corrected chi connectivity index (χ4v) is 3.60. The van der Waals surface area contributed by atoms with E-state index in [0.29, 0.717) is 19.7 Å². The van der Waals surface area contributed by atoms with E-state index in [2.05, 4.69) is 4.98 Å². The second-order valence-corrected chi connectivity index (χ2v) is 7.58. The van der Waals surface area contributed by atoms with Crippen molar-refractivity contribution >= 4 is 11.8 Å². The minimum atomic E-state index is -0.362. The van der Waals surface area contributed by atoms with Crippen molar-refractivity contribution in [3.8, 4) is 5.75 Å². The van der Waals surface area contributed by atoms with Crippen molar-refractivity contribution in [2.24, 2.45) is 0 Å². The highest BCUT2D eigenvalue weighted by atomic mass is 16.5. The summed E-state index contributed by atoms with van der Waals surface area (Å²) in [6.45, 7) is 1.37. The predicted octanol–water partition coefficient (Wildman–Crippen LogP) is 2.75. The summed E-state index contributed by atoms with van der Waals surface area (Å²) in [4.78, 5) is 33.3. The van der Waals surface area contributed by atoms with E-state index < -0.39 is 0 Å². The molecule has 1 saturated heterocycles. The van der Waals surface area contributed by atoms with Gasteiger partial charge in [-0.2, -0.15) is 0 Å². The first kappa shape index (κ1) is 21.6. The van der Waals surface area contributed by atoms with Crippen molar-refractivity contribution in [1.82, 2.24) is 14.8 Å². The highest BCUT2D eigenvalue weighted by Crippen LogP contribution is 2.18. The number of benzene rings is 1. The molecule has 1 aliphatic heterocycles. The summed E-state index contributed by atoms with van der Waals surface area (Å²) in [5.74, 6) is 0.481. The average molecular weight is 435 g/mol. The van der Waals surface area contributed by atoms with E-state index in [0.717, 1.165) is 16.9 Å². The number of ether oxygens (including phenoxy) is 2. The molecule has 1 fully saturated rings. The van der Waals surface area contributed by atoms with Crippen LogP contribution in [0.4, 0.5) is 0 Å². The minimum Gasteiger partial charge on any atom is -0.497 e. The molecule has 32 heavy (non-hydrogen) atoms. The topological polar surface area (TPSA) is 85.1 Å². The molecule has 166 valence electrons. The fourth-order valence-electron chi connectivity index (χ4n) is 3.60. The van der Waals surface area contributed by atoms with Crippen molar-refractivity contribution in [3.63, 3.8) is 0 Å². The molecule has 4 rings (SSSR count). The molecule has 0 bridgehead atoms. The zero-order chi connectivity index (χ0) is 22.3. The Hall–Kier alpha value is -3.65. The van der Waals surface area contributed by atoms with Crippen LogP contribution in [0.15, 0.2) is 71.6 Å². The normalized spacial score (nSPS) is 16.7. The van der Waals surface area contributed by atoms with Gasteiger partial charge in [-0.25, -0.2) is 0 Å². The predicted molar refractivity (Wildman–Crippen MR) is 116 cm³/mol. The average Bonchev–Trinajstić information content (AvgIpc) is 3.32. The summed E-state index contributed by atoms with van der Waals surface area (Å²) in [5, 5.41) is 0. The lowest BCUT2D eigenvalue weighted by molar-refractivity contribution is -0.132. The number of furan rings is 1. The van der Waals surface area contributed by atoms with E-state index in [9.17, 15) is 9.59 Å². The van der Waals surface area contributed by atoms with Gasteiger partial charge in [-0.15, -0.1) is 0 Å². The van der Waals surface area contributed by atoms with Crippen molar-refractivity contribution < 1.29 is 23.5 Å². The van der Waals surface area contributed by atoms with Gasteiger partial charge in [0.05, 0.1) is 26.1 Å². The number of rotatable bonds is 7. The van der Waals surface area contributed by atoms with Gasteiger partial charge in [0.25, 0.3) is 5.91 Å². The molecule has 1 atom stereocenters. The standard InChI is InChI=1S/C24H25N3O5/c1-30-20-8-6-18(7-9-20)13-26-14-21(32-17-19-4-2-10-25-12-19)15-27(16-23(26)28)24(29)22-5-3-11-31-22/h2-12,21H,13-17H2,1H3/t21-/m0/s1. The van der Waals surface area contributed by atoms with E-state index in [-0.39, 0.29) is 36.8 Å². The molecule has 1 aliphatic rings.